The second-order valence-corrected chi connectivity index (χ2v) is 0.962. The van der Waals surface area contributed by atoms with Crippen molar-refractivity contribution in [2.24, 2.45) is 0 Å². The molecule has 0 saturated heterocycles. The number of hydrogen-bond acceptors (Lipinski definition) is 0. The van der Waals surface area contributed by atoms with Gasteiger partial charge in [-0.15, -0.1) is 0 Å². The molecule has 0 N–H and O–H groups in total. The van der Waals surface area contributed by atoms with Crippen LogP contribution < -0.4 is 0 Å². The summed E-state index contributed by atoms with van der Waals surface area (Å²) in [4.78, 5) is 0. The normalized spacial score (nSPS) is 4.89. The number of rotatable bonds is 0. The van der Waals surface area contributed by atoms with Gasteiger partial charge in [0.15, 0.2) is 0 Å². The van der Waals surface area contributed by atoms with Crippen molar-refractivity contribution in [3.8, 4) is 0 Å². The Morgan fingerprint density at radius 1 is 1.11 bits per heavy atom. The first-order valence-corrected chi connectivity index (χ1v) is 2.07. The molecule has 0 amide bonds. The van der Waals surface area contributed by atoms with E-state index in [2.05, 4.69) is 13.2 Å². The molecule has 0 saturated carbocycles. The summed E-state index contributed by atoms with van der Waals surface area (Å²) in [5.41, 5.74) is 0. The van der Waals surface area contributed by atoms with Gasteiger partial charge in [-0.05, 0) is 0 Å². The maximum atomic E-state index is 4.25. The Morgan fingerprint density at radius 3 is 1.56 bits per heavy atom. The van der Waals surface area contributed by atoms with Crippen molar-refractivity contribution in [1.82, 2.24) is 0 Å². The van der Waals surface area contributed by atoms with Crippen LogP contribution >= 0.6 is 0 Å². The minimum atomic E-state index is 0. The molecule has 9 heavy (non-hydrogen) atoms. The van der Waals surface area contributed by atoms with E-state index in [0.29, 0.717) is 0 Å². The van der Waals surface area contributed by atoms with Crippen LogP contribution in [0.1, 0.15) is 0 Å². The summed E-state index contributed by atoms with van der Waals surface area (Å²) in [5, 5.41) is 0. The zero-order valence-corrected chi connectivity index (χ0v) is 6.73. The van der Waals surface area contributed by atoms with Gasteiger partial charge in [0.05, 0.1) is 0 Å². The van der Waals surface area contributed by atoms with Crippen LogP contribution in [0.3, 0.4) is 0 Å². The molecule has 0 spiro atoms. The molecule has 1 aromatic carbocycles. The predicted octanol–water partition coefficient (Wildman–Crippen LogP) is 2.46. The summed E-state index contributed by atoms with van der Waals surface area (Å²) in [5.74, 6) is 0. The van der Waals surface area contributed by atoms with Crippen molar-refractivity contribution >= 4 is 0 Å². The fraction of sp³-hybridized carbons (Fsp3) is 0. The van der Waals surface area contributed by atoms with Crippen molar-refractivity contribution in [3.05, 3.63) is 50.9 Å². The average molecular weight is 162 g/mol. The molecule has 0 atom stereocenters. The zero-order chi connectivity index (χ0) is 5.54. The molecule has 0 bridgehead atoms. The molecule has 0 aliphatic heterocycles. The first-order valence-electron chi connectivity index (χ1n) is 2.07. The van der Waals surface area contributed by atoms with Crippen molar-refractivity contribution in [3.63, 3.8) is 0 Å². The van der Waals surface area contributed by atoms with Crippen LogP contribution in [0.2, 0.25) is 0 Å². The van der Waals surface area contributed by atoms with E-state index in [4.69, 9.17) is 0 Å². The van der Waals surface area contributed by atoms with E-state index < -0.39 is 0 Å². The fourth-order valence-corrected chi connectivity index (χ4v) is 0.321. The number of hydrogen-bond donors (Lipinski definition) is 0. The minimum absolute atomic E-state index is 0. The molecule has 0 fully saturated rings. The van der Waals surface area contributed by atoms with Crippen LogP contribution in [0.25, 0.3) is 0 Å². The summed E-state index contributed by atoms with van der Waals surface area (Å²) in [7, 11) is 0. The van der Waals surface area contributed by atoms with Crippen LogP contribution in [0.15, 0.2) is 36.9 Å². The monoisotopic (exact) mass is 162 g/mol. The molecule has 0 aliphatic rings. The van der Waals surface area contributed by atoms with Crippen LogP contribution in [-0.4, -0.2) is 0 Å². The third-order valence-corrected chi connectivity index (χ3v) is 0.556. The van der Waals surface area contributed by atoms with E-state index in [1.54, 1.807) is 0 Å². The van der Waals surface area contributed by atoms with E-state index in [-0.39, 0.29) is 24.5 Å². The minimum Gasteiger partial charge on any atom is -0.521 e. The summed E-state index contributed by atoms with van der Waals surface area (Å²) in [6, 6.07) is 10.0. The molecule has 0 nitrogen and oxygen atoms in total. The Hall–Kier alpha value is -0.391. The average Bonchev–Trinajstić information content (AvgIpc) is 2.23. The van der Waals surface area contributed by atoms with Gasteiger partial charge in [0.2, 0.25) is 0 Å². The molecular weight excluding hydrogens is 151 g/mol. The van der Waals surface area contributed by atoms with Gasteiger partial charge in [-0.3, -0.25) is 6.58 Å². The Morgan fingerprint density at radius 2 is 1.44 bits per heavy atom. The van der Waals surface area contributed by atoms with Gasteiger partial charge >= 0.3 is 17.1 Å². The Balaban J connectivity index is -0.0000000836. The standard InChI is InChI=1S/C5H5.C2H3.CH3.Mn/c1-2-4-5-3-1;1-2;;/h1-5H;1H,2H2;1H3;/q3*-1;+3. The second-order valence-electron chi connectivity index (χ2n) is 0.962. The smallest absolute Gasteiger partial charge is 0.521 e. The first kappa shape index (κ1) is 15.8. The molecule has 0 heterocycles. The summed E-state index contributed by atoms with van der Waals surface area (Å²) >= 11 is 0. The topological polar surface area (TPSA) is 0 Å². The summed E-state index contributed by atoms with van der Waals surface area (Å²) in [6.07, 6.45) is 0. The van der Waals surface area contributed by atoms with Crippen molar-refractivity contribution in [2.75, 3.05) is 0 Å². The summed E-state index contributed by atoms with van der Waals surface area (Å²) < 4.78 is 0. The molecule has 50 valence electrons. The van der Waals surface area contributed by atoms with Gasteiger partial charge in [-0.2, -0.15) is 18.2 Å². The molecular formula is C8H11Mn. The summed E-state index contributed by atoms with van der Waals surface area (Å²) in [6.45, 7) is 7.00. The van der Waals surface area contributed by atoms with Gasteiger partial charge in [-0.1, -0.05) is 0 Å². The van der Waals surface area contributed by atoms with Gasteiger partial charge in [0.1, 0.15) is 0 Å². The Bertz CT molecular complexity index is 71.5. The predicted molar refractivity (Wildman–Crippen MR) is 38.4 cm³/mol. The van der Waals surface area contributed by atoms with E-state index in [9.17, 15) is 0 Å². The third-order valence-electron chi connectivity index (χ3n) is 0.556. The van der Waals surface area contributed by atoms with Gasteiger partial charge in [0.25, 0.3) is 0 Å². The maximum absolute atomic E-state index is 4.25. The van der Waals surface area contributed by atoms with Crippen LogP contribution in [0.5, 0.6) is 0 Å². The SMILES string of the molecule is [CH-]=C.[CH3-].[Mn+3].c1cc[cH-]c1. The molecule has 1 rings (SSSR count). The van der Waals surface area contributed by atoms with Crippen molar-refractivity contribution in [2.45, 2.75) is 0 Å². The fourth-order valence-electron chi connectivity index (χ4n) is 0.321. The quantitative estimate of drug-likeness (QED) is 0.406. The largest absolute Gasteiger partial charge is 3.00 e. The molecule has 1 heteroatoms. The Labute approximate surface area is 68.4 Å². The van der Waals surface area contributed by atoms with E-state index >= 15 is 0 Å². The van der Waals surface area contributed by atoms with Crippen LogP contribution in [-0.2, 0) is 17.1 Å². The molecule has 0 unspecified atom stereocenters. The zero-order valence-electron chi connectivity index (χ0n) is 5.55. The molecule has 0 radical (unpaired) electrons. The van der Waals surface area contributed by atoms with Gasteiger partial charge < -0.3 is 14.0 Å². The van der Waals surface area contributed by atoms with E-state index in [0.717, 1.165) is 0 Å². The van der Waals surface area contributed by atoms with Crippen molar-refractivity contribution < 1.29 is 17.1 Å². The molecule has 0 aliphatic carbocycles. The maximum Gasteiger partial charge on any atom is 3.00 e. The molecule has 1 aromatic rings. The molecule has 0 aromatic heterocycles. The van der Waals surface area contributed by atoms with Crippen LogP contribution in [0, 0.1) is 14.0 Å². The van der Waals surface area contributed by atoms with Crippen molar-refractivity contribution in [1.29, 1.82) is 0 Å². The Kier molecular flexibility index (Phi) is 27.5. The van der Waals surface area contributed by atoms with Gasteiger partial charge in [0, 0.05) is 0 Å². The van der Waals surface area contributed by atoms with Crippen LogP contribution in [0.4, 0.5) is 0 Å². The van der Waals surface area contributed by atoms with E-state index in [1.165, 1.54) is 0 Å². The van der Waals surface area contributed by atoms with Gasteiger partial charge in [-0.25, -0.2) is 12.1 Å². The third kappa shape index (κ3) is 11.3. The van der Waals surface area contributed by atoms with E-state index in [1.807, 2.05) is 30.3 Å². The first-order chi connectivity index (χ1) is 3.50. The second kappa shape index (κ2) is 15.6.